The highest BCUT2D eigenvalue weighted by Gasteiger charge is 2.36. The Bertz CT molecular complexity index is 603. The van der Waals surface area contributed by atoms with E-state index in [-0.39, 0.29) is 0 Å². The van der Waals surface area contributed by atoms with Gasteiger partial charge in [-0.25, -0.2) is 0 Å². The Kier molecular flexibility index (Phi) is 4.94. The van der Waals surface area contributed by atoms with Gasteiger partial charge in [-0.1, -0.05) is 0 Å². The third kappa shape index (κ3) is 5.54. The first-order valence-electron chi connectivity index (χ1n) is 5.42. The van der Waals surface area contributed by atoms with E-state index in [1.54, 1.807) is 0 Å². The second-order valence-electron chi connectivity index (χ2n) is 4.14. The minimum absolute atomic E-state index is 0.318. The lowest BCUT2D eigenvalue weighted by Gasteiger charge is -2.15. The Hall–Kier alpha value is -1.29. The van der Waals surface area contributed by atoms with Crippen LogP contribution >= 0.6 is 0 Å². The van der Waals surface area contributed by atoms with Crippen LogP contribution in [0.15, 0.2) is 18.2 Å². The van der Waals surface area contributed by atoms with Gasteiger partial charge in [-0.2, -0.15) is 34.8 Å². The quantitative estimate of drug-likeness (QED) is 0.626. The molecule has 0 aliphatic rings. The van der Waals surface area contributed by atoms with Crippen LogP contribution in [0.25, 0.3) is 0 Å². The van der Waals surface area contributed by atoms with Crippen LogP contribution in [0.2, 0.25) is 0 Å². The number of halogens is 6. The van der Waals surface area contributed by atoms with Crippen LogP contribution in [0.5, 0.6) is 0 Å². The van der Waals surface area contributed by atoms with E-state index in [0.717, 1.165) is 0 Å². The van der Waals surface area contributed by atoms with Crippen molar-refractivity contribution in [2.24, 2.45) is 0 Å². The summed E-state index contributed by atoms with van der Waals surface area (Å²) in [4.78, 5) is 0. The van der Waals surface area contributed by atoms with E-state index in [1.165, 1.54) is 0 Å². The molecule has 0 saturated carbocycles. The van der Waals surface area contributed by atoms with Gasteiger partial charge in [0.2, 0.25) is 0 Å². The van der Waals surface area contributed by atoms with Crippen molar-refractivity contribution in [2.45, 2.75) is 18.8 Å². The van der Waals surface area contributed by atoms with Crippen LogP contribution in [0, 0.1) is 0 Å². The lowest BCUT2D eigenvalue weighted by molar-refractivity contribution is -0.141. The molecule has 0 bridgehead atoms. The van der Waals surface area contributed by atoms with Gasteiger partial charge in [0.05, 0.1) is 24.0 Å². The highest BCUT2D eigenvalue weighted by atomic mass is 32.2. The Morgan fingerprint density at radius 3 is 2.05 bits per heavy atom. The van der Waals surface area contributed by atoms with E-state index < -0.39 is 52.2 Å². The average Bonchev–Trinajstić information content (AvgIpc) is 2.24. The molecule has 0 amide bonds. The predicted molar refractivity (Wildman–Crippen MR) is 60.9 cm³/mol. The maximum Gasteiger partial charge on any atom is 0.416 e. The van der Waals surface area contributed by atoms with Crippen molar-refractivity contribution in [1.29, 1.82) is 0 Å². The molecule has 0 radical (unpaired) electrons. The second kappa shape index (κ2) is 5.84. The number of hydrogen-bond acceptors (Lipinski definition) is 3. The summed E-state index contributed by atoms with van der Waals surface area (Å²) in [5.74, 6) is 0. The zero-order chi connectivity index (χ0) is 16.5. The molecule has 1 aromatic carbocycles. The molecular weight excluding hydrogens is 326 g/mol. The largest absolute Gasteiger partial charge is 0.416 e. The molecule has 0 spiro atoms. The molecule has 1 aromatic rings. The number of hydrogen-bond donors (Lipinski definition) is 0. The summed E-state index contributed by atoms with van der Waals surface area (Å²) < 4.78 is 101. The van der Waals surface area contributed by atoms with Crippen LogP contribution in [-0.4, -0.2) is 21.3 Å². The van der Waals surface area contributed by atoms with Gasteiger partial charge < -0.3 is 0 Å². The highest BCUT2D eigenvalue weighted by molar-refractivity contribution is 7.85. The van der Waals surface area contributed by atoms with E-state index in [4.69, 9.17) is 0 Å². The molecule has 0 unspecified atom stereocenters. The topological polar surface area (TPSA) is 43.4 Å². The van der Waals surface area contributed by atoms with Crippen molar-refractivity contribution in [3.05, 3.63) is 34.9 Å². The molecule has 0 aromatic heterocycles. The van der Waals surface area contributed by atoms with Gasteiger partial charge in [0.25, 0.3) is 10.1 Å². The van der Waals surface area contributed by atoms with Crippen LogP contribution in [0.1, 0.15) is 16.7 Å². The zero-order valence-electron chi connectivity index (χ0n) is 10.5. The van der Waals surface area contributed by atoms with Gasteiger partial charge in [-0.15, -0.1) is 0 Å². The van der Waals surface area contributed by atoms with Crippen molar-refractivity contribution in [2.75, 3.05) is 12.9 Å². The standard InChI is InChI=1S/C11H10F6O3S/c1-21(18,19)20-5-4-7-6-8(10(12,13)14)2-3-9(7)11(15,16)17/h2-3,6H,4-5H2,1H3. The molecule has 1 rings (SSSR count). The monoisotopic (exact) mass is 336 g/mol. The first kappa shape index (κ1) is 17.8. The lowest BCUT2D eigenvalue weighted by Crippen LogP contribution is -2.15. The molecular formula is C11H10F6O3S. The Balaban J connectivity index is 3.12. The van der Waals surface area contributed by atoms with Gasteiger partial charge in [0, 0.05) is 0 Å². The van der Waals surface area contributed by atoms with Crippen LogP contribution < -0.4 is 0 Å². The molecule has 0 aliphatic carbocycles. The Morgan fingerprint density at radius 2 is 1.62 bits per heavy atom. The van der Waals surface area contributed by atoms with Gasteiger partial charge in [0.15, 0.2) is 0 Å². The molecule has 0 heterocycles. The maximum atomic E-state index is 12.7. The first-order valence-corrected chi connectivity index (χ1v) is 7.24. The van der Waals surface area contributed by atoms with Gasteiger partial charge in [-0.3, -0.25) is 4.18 Å². The molecule has 0 atom stereocenters. The van der Waals surface area contributed by atoms with E-state index in [1.807, 2.05) is 0 Å². The average molecular weight is 336 g/mol. The van der Waals surface area contributed by atoms with Crippen LogP contribution in [0.4, 0.5) is 26.3 Å². The molecule has 0 N–H and O–H groups in total. The summed E-state index contributed by atoms with van der Waals surface area (Å²) in [7, 11) is -3.88. The van der Waals surface area contributed by atoms with E-state index in [0.29, 0.717) is 24.5 Å². The van der Waals surface area contributed by atoms with Crippen molar-refractivity contribution >= 4 is 10.1 Å². The third-order valence-corrected chi connectivity index (χ3v) is 3.00. The molecule has 0 aliphatic heterocycles. The Labute approximate surface area is 116 Å². The number of alkyl halides is 6. The second-order valence-corrected chi connectivity index (χ2v) is 5.79. The molecule has 0 saturated heterocycles. The van der Waals surface area contributed by atoms with Gasteiger partial charge >= 0.3 is 12.4 Å². The van der Waals surface area contributed by atoms with E-state index in [2.05, 4.69) is 4.18 Å². The van der Waals surface area contributed by atoms with Crippen molar-refractivity contribution in [3.8, 4) is 0 Å². The first-order chi connectivity index (χ1) is 9.31. The molecule has 21 heavy (non-hydrogen) atoms. The number of benzene rings is 1. The summed E-state index contributed by atoms with van der Waals surface area (Å²) in [5.41, 5.74) is -3.18. The Morgan fingerprint density at radius 1 is 1.05 bits per heavy atom. The van der Waals surface area contributed by atoms with Crippen molar-refractivity contribution < 1.29 is 38.9 Å². The van der Waals surface area contributed by atoms with Gasteiger partial charge in [-0.05, 0) is 30.2 Å². The summed E-state index contributed by atoms with van der Waals surface area (Å²) >= 11 is 0. The van der Waals surface area contributed by atoms with Crippen molar-refractivity contribution in [3.63, 3.8) is 0 Å². The predicted octanol–water partition coefficient (Wildman–Crippen LogP) is 3.24. The summed E-state index contributed by atoms with van der Waals surface area (Å²) in [6.45, 7) is -0.677. The summed E-state index contributed by atoms with van der Waals surface area (Å²) in [5, 5.41) is 0. The zero-order valence-corrected chi connectivity index (χ0v) is 11.4. The number of rotatable bonds is 4. The fourth-order valence-corrected chi connectivity index (χ4v) is 1.94. The highest BCUT2D eigenvalue weighted by Crippen LogP contribution is 2.36. The smallest absolute Gasteiger partial charge is 0.270 e. The minimum atomic E-state index is -4.84. The van der Waals surface area contributed by atoms with E-state index >= 15 is 0 Å². The molecule has 10 heteroatoms. The fraction of sp³-hybridized carbons (Fsp3) is 0.455. The lowest BCUT2D eigenvalue weighted by atomic mass is 10.0. The minimum Gasteiger partial charge on any atom is -0.270 e. The SMILES string of the molecule is CS(=O)(=O)OCCc1cc(C(F)(F)F)ccc1C(F)(F)F. The van der Waals surface area contributed by atoms with Crippen molar-refractivity contribution in [1.82, 2.24) is 0 Å². The normalized spacial score (nSPS) is 13.5. The van der Waals surface area contributed by atoms with Crippen LogP contribution in [-0.2, 0) is 33.1 Å². The van der Waals surface area contributed by atoms with E-state index in [9.17, 15) is 34.8 Å². The van der Waals surface area contributed by atoms with Gasteiger partial charge in [0.1, 0.15) is 0 Å². The summed E-state index contributed by atoms with van der Waals surface area (Å²) in [6.07, 6.45) is -9.57. The third-order valence-electron chi connectivity index (χ3n) is 2.41. The fourth-order valence-electron chi connectivity index (χ4n) is 1.56. The van der Waals surface area contributed by atoms with Crippen LogP contribution in [0.3, 0.4) is 0 Å². The molecule has 120 valence electrons. The molecule has 0 fully saturated rings. The summed E-state index contributed by atoms with van der Waals surface area (Å²) in [6, 6.07) is 0.983. The molecule has 3 nitrogen and oxygen atoms in total. The maximum absolute atomic E-state index is 12.7.